The smallest absolute Gasteiger partial charge is 0.155 e. The summed E-state index contributed by atoms with van der Waals surface area (Å²) in [5, 5.41) is 12.9. The number of nitrogens with one attached hydrogen (secondary N) is 1. The number of aliphatic hydroxyl groups excluding tert-OH is 1. The Kier molecular flexibility index (Phi) is 3.60. The maximum absolute atomic E-state index is 11.5. The molecule has 2 aliphatic heterocycles. The van der Waals surface area contributed by atoms with Gasteiger partial charge in [-0.25, -0.2) is 8.42 Å². The minimum absolute atomic E-state index is 0.00203. The van der Waals surface area contributed by atoms with Crippen molar-refractivity contribution >= 4 is 21.2 Å². The number of rotatable bonds is 3. The summed E-state index contributed by atoms with van der Waals surface area (Å²) in [6.45, 7) is 2.21. The Morgan fingerprint density at radius 1 is 1.10 bits per heavy atom. The lowest BCUT2D eigenvalue weighted by Gasteiger charge is -2.20. The van der Waals surface area contributed by atoms with Gasteiger partial charge in [0.15, 0.2) is 9.84 Å². The normalized spacial score (nSPS) is 28.8. The molecule has 0 aliphatic carbocycles. The van der Waals surface area contributed by atoms with Gasteiger partial charge in [0.05, 0.1) is 23.7 Å². The van der Waals surface area contributed by atoms with Gasteiger partial charge >= 0.3 is 0 Å². The molecule has 2 fully saturated rings. The first-order valence-corrected chi connectivity index (χ1v) is 8.86. The standard InChI is InChI=1S/C14H20N2O3S/c17-14-10-20(18,19)9-13(14)15-11-3-5-12(6-4-11)16-7-1-2-8-16/h3-6,13-15,17H,1-2,7-10H2. The van der Waals surface area contributed by atoms with Crippen LogP contribution in [0.4, 0.5) is 11.4 Å². The number of sulfone groups is 1. The van der Waals surface area contributed by atoms with E-state index in [1.54, 1.807) is 0 Å². The van der Waals surface area contributed by atoms with E-state index in [-0.39, 0.29) is 11.5 Å². The summed E-state index contributed by atoms with van der Waals surface area (Å²) >= 11 is 0. The van der Waals surface area contributed by atoms with E-state index in [1.807, 2.05) is 24.3 Å². The monoisotopic (exact) mass is 296 g/mol. The molecule has 2 aliphatic rings. The largest absolute Gasteiger partial charge is 0.390 e. The van der Waals surface area contributed by atoms with Crippen molar-refractivity contribution in [1.29, 1.82) is 0 Å². The van der Waals surface area contributed by atoms with Crippen molar-refractivity contribution in [2.45, 2.75) is 25.0 Å². The van der Waals surface area contributed by atoms with E-state index >= 15 is 0 Å². The molecule has 1 aromatic rings. The second-order valence-corrected chi connectivity index (χ2v) is 7.79. The number of nitrogens with zero attached hydrogens (tertiary/aromatic N) is 1. The summed E-state index contributed by atoms with van der Waals surface area (Å²) in [6, 6.07) is 7.58. The Balaban J connectivity index is 1.66. The Morgan fingerprint density at radius 3 is 2.30 bits per heavy atom. The van der Waals surface area contributed by atoms with Crippen molar-refractivity contribution in [3.05, 3.63) is 24.3 Å². The highest BCUT2D eigenvalue weighted by atomic mass is 32.2. The van der Waals surface area contributed by atoms with E-state index in [1.165, 1.54) is 18.5 Å². The van der Waals surface area contributed by atoms with E-state index in [9.17, 15) is 13.5 Å². The van der Waals surface area contributed by atoms with Crippen molar-refractivity contribution in [3.63, 3.8) is 0 Å². The van der Waals surface area contributed by atoms with E-state index < -0.39 is 22.0 Å². The van der Waals surface area contributed by atoms with Crippen LogP contribution < -0.4 is 10.2 Å². The third-order valence-electron chi connectivity index (χ3n) is 4.01. The van der Waals surface area contributed by atoms with E-state index in [2.05, 4.69) is 10.2 Å². The summed E-state index contributed by atoms with van der Waals surface area (Å²) in [4.78, 5) is 2.35. The minimum Gasteiger partial charge on any atom is -0.390 e. The first-order chi connectivity index (χ1) is 9.53. The fourth-order valence-corrected chi connectivity index (χ4v) is 4.67. The Bertz CT molecular complexity index is 565. The summed E-state index contributed by atoms with van der Waals surface area (Å²) in [7, 11) is -3.11. The average molecular weight is 296 g/mol. The van der Waals surface area contributed by atoms with Gasteiger partial charge < -0.3 is 15.3 Å². The molecule has 20 heavy (non-hydrogen) atoms. The predicted octanol–water partition coefficient (Wildman–Crippen LogP) is 0.857. The van der Waals surface area contributed by atoms with Crippen molar-refractivity contribution in [1.82, 2.24) is 0 Å². The van der Waals surface area contributed by atoms with Crippen LogP contribution in [-0.2, 0) is 9.84 Å². The quantitative estimate of drug-likeness (QED) is 0.865. The number of aliphatic hydroxyl groups is 1. The van der Waals surface area contributed by atoms with E-state index in [4.69, 9.17) is 0 Å². The third-order valence-corrected chi connectivity index (χ3v) is 5.73. The zero-order valence-corrected chi connectivity index (χ0v) is 12.1. The molecule has 0 amide bonds. The molecule has 2 unspecified atom stereocenters. The molecular weight excluding hydrogens is 276 g/mol. The Hall–Kier alpha value is -1.27. The molecule has 110 valence electrons. The number of anilines is 2. The Labute approximate surface area is 119 Å². The van der Waals surface area contributed by atoms with Crippen LogP contribution in [0, 0.1) is 0 Å². The molecule has 0 saturated carbocycles. The lowest BCUT2D eigenvalue weighted by molar-refractivity contribution is 0.190. The van der Waals surface area contributed by atoms with E-state index in [0.29, 0.717) is 0 Å². The molecule has 2 N–H and O–H groups in total. The van der Waals surface area contributed by atoms with Crippen molar-refractivity contribution < 1.29 is 13.5 Å². The number of benzene rings is 1. The minimum atomic E-state index is -3.11. The van der Waals surface area contributed by atoms with Crippen LogP contribution in [0.25, 0.3) is 0 Å². The van der Waals surface area contributed by atoms with Crippen molar-refractivity contribution in [3.8, 4) is 0 Å². The lowest BCUT2D eigenvalue weighted by Crippen LogP contribution is -2.31. The molecular formula is C14H20N2O3S. The fourth-order valence-electron chi connectivity index (χ4n) is 2.92. The molecule has 0 bridgehead atoms. The highest BCUT2D eigenvalue weighted by molar-refractivity contribution is 7.91. The van der Waals surface area contributed by atoms with E-state index in [0.717, 1.165) is 18.8 Å². The SMILES string of the molecule is O=S1(=O)CC(O)C(Nc2ccc(N3CCCC3)cc2)C1. The Morgan fingerprint density at radius 2 is 1.75 bits per heavy atom. The second kappa shape index (κ2) is 5.26. The zero-order chi connectivity index (χ0) is 14.2. The molecule has 2 saturated heterocycles. The average Bonchev–Trinajstić information content (AvgIpc) is 2.99. The van der Waals surface area contributed by atoms with Crippen LogP contribution in [0.3, 0.4) is 0 Å². The maximum Gasteiger partial charge on any atom is 0.155 e. The van der Waals surface area contributed by atoms with Gasteiger partial charge in [-0.05, 0) is 37.1 Å². The fraction of sp³-hybridized carbons (Fsp3) is 0.571. The van der Waals surface area contributed by atoms with Crippen LogP contribution >= 0.6 is 0 Å². The molecule has 1 aromatic carbocycles. The molecule has 2 atom stereocenters. The van der Waals surface area contributed by atoms with Gasteiger partial charge in [0, 0.05) is 24.5 Å². The van der Waals surface area contributed by atoms with Crippen molar-refractivity contribution in [2.75, 3.05) is 34.8 Å². The molecule has 5 nitrogen and oxygen atoms in total. The van der Waals surface area contributed by atoms with Gasteiger partial charge in [0.25, 0.3) is 0 Å². The van der Waals surface area contributed by atoms with Gasteiger partial charge in [-0.15, -0.1) is 0 Å². The first kappa shape index (κ1) is 13.7. The van der Waals surface area contributed by atoms with Crippen molar-refractivity contribution in [2.24, 2.45) is 0 Å². The van der Waals surface area contributed by atoms with Gasteiger partial charge in [-0.3, -0.25) is 0 Å². The molecule has 2 heterocycles. The van der Waals surface area contributed by atoms with Crippen LogP contribution in [0.5, 0.6) is 0 Å². The third kappa shape index (κ3) is 2.91. The molecule has 3 rings (SSSR count). The highest BCUT2D eigenvalue weighted by Gasteiger charge is 2.36. The summed E-state index contributed by atoms with van der Waals surface area (Å²) in [5.74, 6) is -0.140. The van der Waals surface area contributed by atoms with Gasteiger partial charge in [-0.1, -0.05) is 0 Å². The summed E-state index contributed by atoms with van der Waals surface area (Å²) in [6.07, 6.45) is 1.66. The molecule has 6 heteroatoms. The van der Waals surface area contributed by atoms with Crippen LogP contribution in [0.2, 0.25) is 0 Å². The topological polar surface area (TPSA) is 69.6 Å². The number of hydrogen-bond donors (Lipinski definition) is 2. The maximum atomic E-state index is 11.5. The predicted molar refractivity (Wildman–Crippen MR) is 80.0 cm³/mol. The van der Waals surface area contributed by atoms with Gasteiger partial charge in [0.1, 0.15) is 0 Å². The number of hydrogen-bond acceptors (Lipinski definition) is 5. The van der Waals surface area contributed by atoms with Crippen LogP contribution in [-0.4, -0.2) is 50.3 Å². The summed E-state index contributed by atoms with van der Waals surface area (Å²) < 4.78 is 22.9. The van der Waals surface area contributed by atoms with Gasteiger partial charge in [0.2, 0.25) is 0 Å². The molecule has 0 spiro atoms. The first-order valence-electron chi connectivity index (χ1n) is 7.03. The molecule has 0 radical (unpaired) electrons. The second-order valence-electron chi connectivity index (χ2n) is 5.64. The van der Waals surface area contributed by atoms with Crippen LogP contribution in [0.15, 0.2) is 24.3 Å². The van der Waals surface area contributed by atoms with Crippen LogP contribution in [0.1, 0.15) is 12.8 Å². The molecule has 0 aromatic heterocycles. The lowest BCUT2D eigenvalue weighted by atomic mass is 10.2. The van der Waals surface area contributed by atoms with Gasteiger partial charge in [-0.2, -0.15) is 0 Å². The highest BCUT2D eigenvalue weighted by Crippen LogP contribution is 2.24. The zero-order valence-electron chi connectivity index (χ0n) is 11.3. The summed E-state index contributed by atoms with van der Waals surface area (Å²) in [5.41, 5.74) is 2.06.